The average Bonchev–Trinajstić information content (AvgIpc) is 3.00. The highest BCUT2D eigenvalue weighted by Gasteiger charge is 2.41. The van der Waals surface area contributed by atoms with Gasteiger partial charge in [-0.05, 0) is 25.0 Å². The first-order valence-corrected chi connectivity index (χ1v) is 7.32. The summed E-state index contributed by atoms with van der Waals surface area (Å²) in [7, 11) is 0. The summed E-state index contributed by atoms with van der Waals surface area (Å²) in [5.41, 5.74) is 1.33. The molecule has 3 heterocycles. The molecule has 0 saturated carbocycles. The number of fused-ring (bicyclic) bond motifs is 1. The molecular weight excluding hydrogens is 270 g/mol. The zero-order valence-electron chi connectivity index (χ0n) is 11.7. The van der Waals surface area contributed by atoms with Crippen LogP contribution in [0.3, 0.4) is 0 Å². The number of carbonyl (C=O) groups excluding carboxylic acids is 1. The van der Waals surface area contributed by atoms with E-state index in [0.717, 1.165) is 43.5 Å². The van der Waals surface area contributed by atoms with Crippen LogP contribution in [0.4, 0.5) is 10.8 Å². The van der Waals surface area contributed by atoms with Crippen LogP contribution in [0, 0.1) is 0 Å². The summed E-state index contributed by atoms with van der Waals surface area (Å²) >= 11 is 0. The van der Waals surface area contributed by atoms with Gasteiger partial charge in [0.05, 0.1) is 6.54 Å². The number of aromatic nitrogens is 1. The number of carbonyl (C=O) groups is 1. The number of para-hydroxylation sites is 2. The molecule has 1 amide bonds. The summed E-state index contributed by atoms with van der Waals surface area (Å²) in [5, 5.41) is 2.77. The molecule has 6 heteroatoms. The molecule has 2 fully saturated rings. The minimum atomic E-state index is -0.349. The van der Waals surface area contributed by atoms with E-state index in [4.69, 9.17) is 9.15 Å². The topological polar surface area (TPSA) is 67.6 Å². The molecule has 0 radical (unpaired) electrons. The fourth-order valence-corrected chi connectivity index (χ4v) is 3.14. The largest absolute Gasteiger partial charge is 0.441 e. The molecule has 1 atom stereocenters. The summed E-state index contributed by atoms with van der Waals surface area (Å²) in [4.78, 5) is 18.0. The van der Waals surface area contributed by atoms with E-state index in [2.05, 4.69) is 15.2 Å². The Bertz CT molecular complexity index is 651. The number of ether oxygens (including phenoxy) is 1. The van der Waals surface area contributed by atoms with E-state index in [1.54, 1.807) is 0 Å². The number of benzene rings is 1. The second-order valence-corrected chi connectivity index (χ2v) is 5.73. The average molecular weight is 287 g/mol. The van der Waals surface area contributed by atoms with Crippen LogP contribution in [0.1, 0.15) is 19.3 Å². The van der Waals surface area contributed by atoms with Crippen molar-refractivity contribution in [2.24, 2.45) is 0 Å². The molecule has 2 aliphatic heterocycles. The number of anilines is 1. The van der Waals surface area contributed by atoms with E-state index in [1.807, 2.05) is 24.3 Å². The van der Waals surface area contributed by atoms with Crippen molar-refractivity contribution in [2.45, 2.75) is 24.9 Å². The molecule has 2 saturated heterocycles. The van der Waals surface area contributed by atoms with Crippen molar-refractivity contribution in [1.82, 2.24) is 10.3 Å². The highest BCUT2D eigenvalue weighted by Crippen LogP contribution is 2.31. The Hall–Kier alpha value is -2.24. The monoisotopic (exact) mass is 287 g/mol. The number of alkyl carbamates (subject to hydrolysis) is 1. The van der Waals surface area contributed by atoms with Crippen LogP contribution >= 0.6 is 0 Å². The molecular formula is C15H17N3O3. The first kappa shape index (κ1) is 12.5. The van der Waals surface area contributed by atoms with E-state index in [9.17, 15) is 4.79 Å². The molecule has 0 unspecified atom stereocenters. The molecule has 1 N–H and O–H groups in total. The van der Waals surface area contributed by atoms with Crippen LogP contribution in [0.15, 0.2) is 28.7 Å². The molecule has 4 rings (SSSR count). The molecule has 0 bridgehead atoms. The Morgan fingerprint density at radius 3 is 2.95 bits per heavy atom. The van der Waals surface area contributed by atoms with Crippen LogP contribution in [0.25, 0.3) is 11.1 Å². The quantitative estimate of drug-likeness (QED) is 0.871. The van der Waals surface area contributed by atoms with Crippen molar-refractivity contribution in [3.05, 3.63) is 24.3 Å². The van der Waals surface area contributed by atoms with Crippen LogP contribution < -0.4 is 10.2 Å². The maximum Gasteiger partial charge on any atom is 0.407 e. The number of rotatable bonds is 1. The van der Waals surface area contributed by atoms with Crippen LogP contribution in [0.5, 0.6) is 0 Å². The van der Waals surface area contributed by atoms with Gasteiger partial charge >= 0.3 is 6.09 Å². The first-order valence-electron chi connectivity index (χ1n) is 7.32. The fourth-order valence-electron chi connectivity index (χ4n) is 3.14. The Morgan fingerprint density at radius 2 is 2.14 bits per heavy atom. The highest BCUT2D eigenvalue weighted by atomic mass is 16.6. The van der Waals surface area contributed by atoms with Gasteiger partial charge in [0, 0.05) is 19.5 Å². The van der Waals surface area contributed by atoms with Crippen molar-refractivity contribution in [1.29, 1.82) is 0 Å². The molecule has 1 aromatic carbocycles. The summed E-state index contributed by atoms with van der Waals surface area (Å²) < 4.78 is 11.3. The minimum Gasteiger partial charge on any atom is -0.441 e. The lowest BCUT2D eigenvalue weighted by Crippen LogP contribution is -2.34. The highest BCUT2D eigenvalue weighted by molar-refractivity contribution is 5.74. The van der Waals surface area contributed by atoms with Gasteiger partial charge in [0.1, 0.15) is 11.1 Å². The van der Waals surface area contributed by atoms with E-state index < -0.39 is 0 Å². The Morgan fingerprint density at radius 1 is 1.24 bits per heavy atom. The molecule has 21 heavy (non-hydrogen) atoms. The van der Waals surface area contributed by atoms with Crippen molar-refractivity contribution in [3.8, 4) is 0 Å². The smallest absolute Gasteiger partial charge is 0.407 e. The van der Waals surface area contributed by atoms with E-state index in [0.29, 0.717) is 12.6 Å². The maximum absolute atomic E-state index is 11.3. The van der Waals surface area contributed by atoms with Crippen molar-refractivity contribution < 1.29 is 13.9 Å². The summed E-state index contributed by atoms with van der Waals surface area (Å²) in [6, 6.07) is 8.43. The van der Waals surface area contributed by atoms with Crippen LogP contribution in [-0.2, 0) is 4.74 Å². The molecule has 6 nitrogen and oxygen atoms in total. The van der Waals surface area contributed by atoms with Crippen molar-refractivity contribution in [3.63, 3.8) is 0 Å². The molecule has 1 aromatic heterocycles. The number of amides is 1. The minimum absolute atomic E-state index is 0.301. The zero-order chi connectivity index (χ0) is 14.3. The van der Waals surface area contributed by atoms with Crippen molar-refractivity contribution >= 4 is 23.2 Å². The van der Waals surface area contributed by atoms with Gasteiger partial charge in [-0.1, -0.05) is 12.1 Å². The number of oxazole rings is 1. The lowest BCUT2D eigenvalue weighted by molar-refractivity contribution is 0.0473. The predicted molar refractivity (Wildman–Crippen MR) is 77.3 cm³/mol. The van der Waals surface area contributed by atoms with Gasteiger partial charge in [-0.15, -0.1) is 0 Å². The summed E-state index contributed by atoms with van der Waals surface area (Å²) in [6.07, 6.45) is 2.32. The lowest BCUT2D eigenvalue weighted by atomic mass is 9.95. The Kier molecular flexibility index (Phi) is 2.77. The normalized spacial score (nSPS) is 25.9. The SMILES string of the molecule is O=C1NC[C@@]2(CCCN(c3nc4ccccc4o3)CC2)O1. The fraction of sp³-hybridized carbons (Fsp3) is 0.467. The summed E-state index contributed by atoms with van der Waals surface area (Å²) in [5.74, 6) is 0. The molecule has 110 valence electrons. The number of nitrogens with one attached hydrogen (secondary N) is 1. The first-order chi connectivity index (χ1) is 10.2. The van der Waals surface area contributed by atoms with Gasteiger partial charge in [0.2, 0.25) is 0 Å². The Balaban J connectivity index is 1.55. The molecule has 0 aliphatic carbocycles. The van der Waals surface area contributed by atoms with Gasteiger partial charge < -0.3 is 19.4 Å². The lowest BCUT2D eigenvalue weighted by Gasteiger charge is -2.24. The van der Waals surface area contributed by atoms with E-state index >= 15 is 0 Å². The van der Waals surface area contributed by atoms with Crippen molar-refractivity contribution in [2.75, 3.05) is 24.5 Å². The second-order valence-electron chi connectivity index (χ2n) is 5.73. The number of hydrogen-bond acceptors (Lipinski definition) is 5. The van der Waals surface area contributed by atoms with Gasteiger partial charge in [-0.2, -0.15) is 4.98 Å². The number of hydrogen-bond donors (Lipinski definition) is 1. The van der Waals surface area contributed by atoms with Gasteiger partial charge in [-0.3, -0.25) is 0 Å². The van der Waals surface area contributed by atoms with Crippen LogP contribution in [-0.4, -0.2) is 36.3 Å². The third-order valence-corrected chi connectivity index (χ3v) is 4.31. The van der Waals surface area contributed by atoms with E-state index in [1.165, 1.54) is 0 Å². The third-order valence-electron chi connectivity index (χ3n) is 4.31. The van der Waals surface area contributed by atoms with Gasteiger partial charge in [-0.25, -0.2) is 4.79 Å². The second kappa shape index (κ2) is 4.65. The van der Waals surface area contributed by atoms with Gasteiger partial charge in [0.15, 0.2) is 5.58 Å². The van der Waals surface area contributed by atoms with Gasteiger partial charge in [0.25, 0.3) is 6.01 Å². The standard InChI is InChI=1S/C15H17N3O3/c19-14-16-10-15(21-14)6-3-8-18(9-7-15)13-17-11-4-1-2-5-12(11)20-13/h1-2,4-5H,3,6-10H2,(H,16,19)/t15-/m0/s1. The number of nitrogens with zero attached hydrogens (tertiary/aromatic N) is 2. The third kappa shape index (κ3) is 2.20. The maximum atomic E-state index is 11.3. The predicted octanol–water partition coefficient (Wildman–Crippen LogP) is 2.30. The summed E-state index contributed by atoms with van der Waals surface area (Å²) in [6.45, 7) is 2.25. The molecule has 1 spiro atoms. The molecule has 2 aromatic rings. The van der Waals surface area contributed by atoms with Crippen LogP contribution in [0.2, 0.25) is 0 Å². The molecule has 2 aliphatic rings. The van der Waals surface area contributed by atoms with E-state index in [-0.39, 0.29) is 11.7 Å². The zero-order valence-corrected chi connectivity index (χ0v) is 11.7. The Labute approximate surface area is 122 Å².